The molecule has 110 valence electrons. The molecule has 0 aromatic heterocycles. The largest absolute Gasteiger partial charge is 0.481 e. The molecular weight excluding hydrogens is 258 g/mol. The number of hydrogen-bond donors (Lipinski definition) is 2. The second-order valence-corrected chi connectivity index (χ2v) is 4.80. The Bertz CT molecular complexity index is 433. The van der Waals surface area contributed by atoms with Gasteiger partial charge in [-0.15, -0.1) is 0 Å². The van der Waals surface area contributed by atoms with Gasteiger partial charge < -0.3 is 15.2 Å². The molecule has 0 aliphatic carbocycles. The van der Waals surface area contributed by atoms with Crippen LogP contribution >= 0.6 is 0 Å². The van der Waals surface area contributed by atoms with Crippen LogP contribution in [0.2, 0.25) is 0 Å². The Kier molecular flexibility index (Phi) is 6.56. The molecule has 1 aromatic carbocycles. The van der Waals surface area contributed by atoms with E-state index in [1.807, 2.05) is 44.2 Å². The van der Waals surface area contributed by atoms with Gasteiger partial charge in [0.15, 0.2) is 0 Å². The van der Waals surface area contributed by atoms with E-state index in [0.29, 0.717) is 0 Å². The highest BCUT2D eigenvalue weighted by atomic mass is 16.5. The summed E-state index contributed by atoms with van der Waals surface area (Å²) in [6, 6.07) is 8.91. The molecule has 5 heteroatoms. The number of hydrogen-bond acceptors (Lipinski definition) is 3. The molecule has 0 spiro atoms. The zero-order valence-electron chi connectivity index (χ0n) is 11.8. The lowest BCUT2D eigenvalue weighted by Crippen LogP contribution is -2.41. The average molecular weight is 279 g/mol. The van der Waals surface area contributed by atoms with Crippen molar-refractivity contribution in [3.63, 3.8) is 0 Å². The van der Waals surface area contributed by atoms with Gasteiger partial charge >= 0.3 is 12.1 Å². The van der Waals surface area contributed by atoms with E-state index in [1.165, 1.54) is 0 Å². The van der Waals surface area contributed by atoms with Gasteiger partial charge in [-0.2, -0.15) is 0 Å². The van der Waals surface area contributed by atoms with Gasteiger partial charge in [0, 0.05) is 6.04 Å². The van der Waals surface area contributed by atoms with Crippen LogP contribution in [0, 0.1) is 5.92 Å². The number of alkyl carbamates (subject to hydrolysis) is 1. The summed E-state index contributed by atoms with van der Waals surface area (Å²) < 4.78 is 5.09. The fourth-order valence-corrected chi connectivity index (χ4v) is 1.78. The molecule has 5 nitrogen and oxygen atoms in total. The van der Waals surface area contributed by atoms with Crippen LogP contribution in [-0.4, -0.2) is 23.2 Å². The molecule has 20 heavy (non-hydrogen) atoms. The molecule has 0 heterocycles. The van der Waals surface area contributed by atoms with Crippen LogP contribution in [0.3, 0.4) is 0 Å². The van der Waals surface area contributed by atoms with Crippen LogP contribution in [0.4, 0.5) is 4.79 Å². The zero-order valence-corrected chi connectivity index (χ0v) is 11.8. The lowest BCUT2D eigenvalue weighted by atomic mass is 9.96. The number of rotatable bonds is 7. The highest BCUT2D eigenvalue weighted by Crippen LogP contribution is 2.11. The molecule has 1 amide bonds. The monoisotopic (exact) mass is 279 g/mol. The Morgan fingerprint density at radius 2 is 1.95 bits per heavy atom. The molecule has 1 rings (SSSR count). The summed E-state index contributed by atoms with van der Waals surface area (Å²) >= 11 is 0. The Balaban J connectivity index is 2.47. The van der Waals surface area contributed by atoms with Crippen molar-refractivity contribution < 1.29 is 19.4 Å². The summed E-state index contributed by atoms with van der Waals surface area (Å²) in [7, 11) is 0. The van der Waals surface area contributed by atoms with E-state index in [4.69, 9.17) is 9.84 Å². The summed E-state index contributed by atoms with van der Waals surface area (Å²) in [6.07, 6.45) is 0.104. The Morgan fingerprint density at radius 3 is 2.50 bits per heavy atom. The first-order valence-electron chi connectivity index (χ1n) is 6.72. The van der Waals surface area contributed by atoms with Crippen molar-refractivity contribution in [2.24, 2.45) is 5.92 Å². The normalized spacial score (nSPS) is 13.3. The third kappa shape index (κ3) is 5.73. The first-order valence-corrected chi connectivity index (χ1v) is 6.72. The fourth-order valence-electron chi connectivity index (χ4n) is 1.78. The summed E-state index contributed by atoms with van der Waals surface area (Å²) in [5, 5.41) is 11.5. The van der Waals surface area contributed by atoms with Gasteiger partial charge in [-0.3, -0.25) is 4.79 Å². The highest BCUT2D eigenvalue weighted by molar-refractivity contribution is 5.71. The van der Waals surface area contributed by atoms with E-state index in [9.17, 15) is 9.59 Å². The van der Waals surface area contributed by atoms with Crippen molar-refractivity contribution >= 4 is 12.1 Å². The Hall–Kier alpha value is -2.04. The molecule has 0 radical (unpaired) electrons. The number of carboxylic acid groups (broad SMARTS) is 1. The molecule has 2 N–H and O–H groups in total. The maximum Gasteiger partial charge on any atom is 0.407 e. The zero-order chi connectivity index (χ0) is 15.0. The van der Waals surface area contributed by atoms with Gasteiger partial charge in [0.05, 0.1) is 6.42 Å². The van der Waals surface area contributed by atoms with Crippen molar-refractivity contribution in [2.45, 2.75) is 39.3 Å². The van der Waals surface area contributed by atoms with Crippen LogP contribution in [0.5, 0.6) is 0 Å². The lowest BCUT2D eigenvalue weighted by molar-refractivity contribution is -0.137. The molecule has 2 atom stereocenters. The predicted molar refractivity (Wildman–Crippen MR) is 75.3 cm³/mol. The number of aliphatic carboxylic acids is 1. The van der Waals surface area contributed by atoms with E-state index in [1.54, 1.807) is 0 Å². The van der Waals surface area contributed by atoms with Crippen LogP contribution in [0.25, 0.3) is 0 Å². The molecule has 0 unspecified atom stereocenters. The van der Waals surface area contributed by atoms with Crippen molar-refractivity contribution in [3.8, 4) is 0 Å². The Morgan fingerprint density at radius 1 is 1.30 bits per heavy atom. The molecule has 1 aromatic rings. The summed E-state index contributed by atoms with van der Waals surface area (Å²) in [5.74, 6) is -0.853. The average Bonchev–Trinajstić information content (AvgIpc) is 2.44. The van der Waals surface area contributed by atoms with Gasteiger partial charge in [-0.1, -0.05) is 50.6 Å². The smallest absolute Gasteiger partial charge is 0.407 e. The maximum atomic E-state index is 11.7. The van der Waals surface area contributed by atoms with Crippen molar-refractivity contribution in [1.82, 2.24) is 5.32 Å². The molecule has 0 saturated carbocycles. The third-order valence-electron chi connectivity index (χ3n) is 3.24. The molecule has 0 saturated heterocycles. The molecule has 0 aliphatic rings. The molecule has 0 aliphatic heterocycles. The minimum absolute atomic E-state index is 0.0791. The van der Waals surface area contributed by atoms with Gasteiger partial charge in [-0.05, 0) is 11.5 Å². The van der Waals surface area contributed by atoms with Crippen LogP contribution in [-0.2, 0) is 16.1 Å². The number of ether oxygens (including phenoxy) is 1. The molecule has 0 fully saturated rings. The van der Waals surface area contributed by atoms with Gasteiger partial charge in [0.25, 0.3) is 0 Å². The van der Waals surface area contributed by atoms with Crippen LogP contribution < -0.4 is 5.32 Å². The first kappa shape index (κ1) is 16.0. The lowest BCUT2D eigenvalue weighted by Gasteiger charge is -2.22. The maximum absolute atomic E-state index is 11.7. The van der Waals surface area contributed by atoms with Crippen molar-refractivity contribution in [2.75, 3.05) is 0 Å². The number of amides is 1. The topological polar surface area (TPSA) is 75.6 Å². The number of carbonyl (C=O) groups is 2. The second kappa shape index (κ2) is 8.19. The summed E-state index contributed by atoms with van der Waals surface area (Å²) in [6.45, 7) is 4.04. The number of benzene rings is 1. The van der Waals surface area contributed by atoms with E-state index in [-0.39, 0.29) is 18.9 Å². The minimum atomic E-state index is -0.932. The SMILES string of the molecule is CC[C@H](C)[C@@H](CC(=O)O)NC(=O)OCc1ccccc1. The summed E-state index contributed by atoms with van der Waals surface area (Å²) in [5.41, 5.74) is 0.890. The van der Waals surface area contributed by atoms with E-state index < -0.39 is 18.1 Å². The fraction of sp³-hybridized carbons (Fsp3) is 0.467. The van der Waals surface area contributed by atoms with Gasteiger partial charge in [0.1, 0.15) is 6.61 Å². The number of carbonyl (C=O) groups excluding carboxylic acids is 1. The number of nitrogens with one attached hydrogen (secondary N) is 1. The molecule has 0 bridgehead atoms. The molecular formula is C15H21NO4. The van der Waals surface area contributed by atoms with E-state index in [0.717, 1.165) is 12.0 Å². The van der Waals surface area contributed by atoms with Gasteiger partial charge in [0.2, 0.25) is 0 Å². The third-order valence-corrected chi connectivity index (χ3v) is 3.24. The second-order valence-electron chi connectivity index (χ2n) is 4.80. The van der Waals surface area contributed by atoms with Crippen molar-refractivity contribution in [3.05, 3.63) is 35.9 Å². The number of carboxylic acids is 1. The first-order chi connectivity index (χ1) is 9.52. The van der Waals surface area contributed by atoms with Crippen molar-refractivity contribution in [1.29, 1.82) is 0 Å². The van der Waals surface area contributed by atoms with E-state index in [2.05, 4.69) is 5.32 Å². The quantitative estimate of drug-likeness (QED) is 0.804. The Labute approximate surface area is 118 Å². The highest BCUT2D eigenvalue weighted by Gasteiger charge is 2.21. The standard InChI is InChI=1S/C15H21NO4/c1-3-11(2)13(9-14(17)18)16-15(19)20-10-12-7-5-4-6-8-12/h4-8,11,13H,3,9-10H2,1-2H3,(H,16,19)(H,17,18)/t11-,13+/m0/s1. The van der Waals surface area contributed by atoms with E-state index >= 15 is 0 Å². The van der Waals surface area contributed by atoms with Gasteiger partial charge in [-0.25, -0.2) is 4.79 Å². The van der Waals surface area contributed by atoms with Crippen LogP contribution in [0.1, 0.15) is 32.3 Å². The van der Waals surface area contributed by atoms with Crippen LogP contribution in [0.15, 0.2) is 30.3 Å². The minimum Gasteiger partial charge on any atom is -0.481 e. The summed E-state index contributed by atoms with van der Waals surface area (Å²) in [4.78, 5) is 22.5. The predicted octanol–water partition coefficient (Wildman–Crippen LogP) is 2.80.